The van der Waals surface area contributed by atoms with E-state index in [1.807, 2.05) is 13.0 Å². The molecule has 0 spiro atoms. The highest BCUT2D eigenvalue weighted by molar-refractivity contribution is 5.17. The second-order valence-electron chi connectivity index (χ2n) is 3.49. The van der Waals surface area contributed by atoms with E-state index in [-0.39, 0.29) is 0 Å². The number of hydrogen-bond acceptors (Lipinski definition) is 2. The van der Waals surface area contributed by atoms with Crippen LogP contribution in [-0.2, 0) is 6.42 Å². The Balaban J connectivity index is 2.72. The maximum Gasteiger partial charge on any atom is 0.103 e. The molecule has 0 saturated heterocycles. The van der Waals surface area contributed by atoms with E-state index in [1.165, 1.54) is 0 Å². The fourth-order valence-electron chi connectivity index (χ4n) is 1.06. The summed E-state index contributed by atoms with van der Waals surface area (Å²) >= 11 is 0. The highest BCUT2D eigenvalue weighted by atomic mass is 16.3. The molecule has 2 heteroatoms. The summed E-state index contributed by atoms with van der Waals surface area (Å²) in [5.74, 6) is 0.895. The molecule has 1 N–H and O–H groups in total. The third-order valence-electron chi connectivity index (χ3n) is 1.59. The summed E-state index contributed by atoms with van der Waals surface area (Å²) in [6, 6.07) is 1.90. The molecule has 11 heavy (non-hydrogen) atoms. The van der Waals surface area contributed by atoms with Crippen molar-refractivity contribution in [1.29, 1.82) is 0 Å². The van der Waals surface area contributed by atoms with E-state index in [2.05, 4.69) is 0 Å². The summed E-state index contributed by atoms with van der Waals surface area (Å²) in [6.07, 6.45) is 2.30. The third kappa shape index (κ3) is 2.39. The van der Waals surface area contributed by atoms with Crippen LogP contribution in [0.15, 0.2) is 16.7 Å². The molecule has 0 aliphatic heterocycles. The Morgan fingerprint density at radius 1 is 1.55 bits per heavy atom. The first-order valence-electron chi connectivity index (χ1n) is 3.74. The summed E-state index contributed by atoms with van der Waals surface area (Å²) in [7, 11) is 0. The Hall–Kier alpha value is -0.760. The zero-order valence-electron chi connectivity index (χ0n) is 7.22. The van der Waals surface area contributed by atoms with Crippen molar-refractivity contribution >= 4 is 0 Å². The lowest BCUT2D eigenvalue weighted by atomic mass is 9.99. The second kappa shape index (κ2) is 2.70. The van der Waals surface area contributed by atoms with E-state index in [1.54, 1.807) is 20.1 Å². The number of furan rings is 1. The maximum atomic E-state index is 9.47. The quantitative estimate of drug-likeness (QED) is 0.705. The van der Waals surface area contributed by atoms with Crippen molar-refractivity contribution in [1.82, 2.24) is 0 Å². The molecule has 1 rings (SSSR count). The summed E-state index contributed by atoms with van der Waals surface area (Å²) < 4.78 is 5.10. The van der Waals surface area contributed by atoms with Gasteiger partial charge in [0.2, 0.25) is 0 Å². The van der Waals surface area contributed by atoms with Crippen LogP contribution in [0.2, 0.25) is 0 Å². The van der Waals surface area contributed by atoms with Crippen molar-refractivity contribution < 1.29 is 9.52 Å². The monoisotopic (exact) mass is 154 g/mol. The van der Waals surface area contributed by atoms with Gasteiger partial charge in [-0.2, -0.15) is 0 Å². The molecule has 1 aromatic rings. The zero-order valence-corrected chi connectivity index (χ0v) is 7.22. The minimum Gasteiger partial charge on any atom is -0.469 e. The van der Waals surface area contributed by atoms with Crippen molar-refractivity contribution in [3.63, 3.8) is 0 Å². The SMILES string of the molecule is Cc1occc1CC(C)(C)O. The van der Waals surface area contributed by atoms with Crippen LogP contribution in [0.4, 0.5) is 0 Å². The van der Waals surface area contributed by atoms with Gasteiger partial charge in [-0.15, -0.1) is 0 Å². The molecule has 0 unspecified atom stereocenters. The predicted octanol–water partition coefficient (Wildman–Crippen LogP) is 1.90. The minimum absolute atomic E-state index is 0.644. The molecule has 0 aromatic carbocycles. The van der Waals surface area contributed by atoms with Crippen LogP contribution >= 0.6 is 0 Å². The van der Waals surface area contributed by atoms with Crippen LogP contribution in [-0.4, -0.2) is 10.7 Å². The van der Waals surface area contributed by atoms with Gasteiger partial charge in [-0.1, -0.05) is 0 Å². The highest BCUT2D eigenvalue weighted by Gasteiger charge is 2.15. The number of rotatable bonds is 2. The van der Waals surface area contributed by atoms with Crippen LogP contribution in [0.3, 0.4) is 0 Å². The van der Waals surface area contributed by atoms with Gasteiger partial charge in [-0.05, 0) is 32.4 Å². The number of hydrogen-bond donors (Lipinski definition) is 1. The molecule has 0 saturated carbocycles. The lowest BCUT2D eigenvalue weighted by molar-refractivity contribution is 0.0806. The topological polar surface area (TPSA) is 33.4 Å². The summed E-state index contributed by atoms with van der Waals surface area (Å²) in [6.45, 7) is 5.49. The third-order valence-corrected chi connectivity index (χ3v) is 1.59. The fourth-order valence-corrected chi connectivity index (χ4v) is 1.06. The van der Waals surface area contributed by atoms with E-state index in [4.69, 9.17) is 4.42 Å². The highest BCUT2D eigenvalue weighted by Crippen LogP contribution is 2.16. The van der Waals surface area contributed by atoms with Crippen molar-refractivity contribution in [2.24, 2.45) is 0 Å². The summed E-state index contributed by atoms with van der Waals surface area (Å²) in [4.78, 5) is 0. The summed E-state index contributed by atoms with van der Waals surface area (Å²) in [5, 5.41) is 9.47. The molecule has 0 fully saturated rings. The van der Waals surface area contributed by atoms with Gasteiger partial charge >= 0.3 is 0 Å². The van der Waals surface area contributed by atoms with Gasteiger partial charge < -0.3 is 9.52 Å². The Morgan fingerprint density at radius 2 is 2.18 bits per heavy atom. The molecule has 0 radical (unpaired) electrons. The molecule has 0 bridgehead atoms. The van der Waals surface area contributed by atoms with Gasteiger partial charge in [0.05, 0.1) is 11.9 Å². The maximum absolute atomic E-state index is 9.47. The van der Waals surface area contributed by atoms with Gasteiger partial charge in [-0.3, -0.25) is 0 Å². The van der Waals surface area contributed by atoms with Crippen LogP contribution < -0.4 is 0 Å². The van der Waals surface area contributed by atoms with E-state index >= 15 is 0 Å². The Kier molecular flexibility index (Phi) is 2.05. The molecule has 62 valence electrons. The first-order valence-corrected chi connectivity index (χ1v) is 3.74. The largest absolute Gasteiger partial charge is 0.469 e. The van der Waals surface area contributed by atoms with E-state index < -0.39 is 5.60 Å². The van der Waals surface area contributed by atoms with E-state index in [9.17, 15) is 5.11 Å². The molecule has 2 nitrogen and oxygen atoms in total. The first-order chi connectivity index (χ1) is 4.99. The fraction of sp³-hybridized carbons (Fsp3) is 0.556. The predicted molar refractivity (Wildman–Crippen MR) is 43.4 cm³/mol. The molecular formula is C9H14O2. The van der Waals surface area contributed by atoms with Gasteiger partial charge in [-0.25, -0.2) is 0 Å². The zero-order chi connectivity index (χ0) is 8.48. The Morgan fingerprint density at radius 3 is 2.55 bits per heavy atom. The Bertz CT molecular complexity index is 230. The molecule has 1 aromatic heterocycles. The van der Waals surface area contributed by atoms with Gasteiger partial charge in [0, 0.05) is 6.42 Å². The van der Waals surface area contributed by atoms with Crippen LogP contribution in [0.5, 0.6) is 0 Å². The number of aryl methyl sites for hydroxylation is 1. The molecular weight excluding hydrogens is 140 g/mol. The van der Waals surface area contributed by atoms with Crippen molar-refractivity contribution in [2.45, 2.75) is 32.8 Å². The van der Waals surface area contributed by atoms with Crippen LogP contribution in [0.1, 0.15) is 25.2 Å². The van der Waals surface area contributed by atoms with E-state index in [0.29, 0.717) is 6.42 Å². The van der Waals surface area contributed by atoms with Crippen molar-refractivity contribution in [3.8, 4) is 0 Å². The lowest BCUT2D eigenvalue weighted by Gasteiger charge is -2.15. The molecule has 0 aliphatic rings. The first kappa shape index (κ1) is 8.34. The molecule has 0 aliphatic carbocycles. The van der Waals surface area contributed by atoms with Gasteiger partial charge in [0.1, 0.15) is 5.76 Å². The average Bonchev–Trinajstić information content (AvgIpc) is 2.12. The molecule has 0 atom stereocenters. The van der Waals surface area contributed by atoms with Crippen molar-refractivity contribution in [2.75, 3.05) is 0 Å². The lowest BCUT2D eigenvalue weighted by Crippen LogP contribution is -2.21. The van der Waals surface area contributed by atoms with Gasteiger partial charge in [0.25, 0.3) is 0 Å². The average molecular weight is 154 g/mol. The minimum atomic E-state index is -0.644. The normalized spacial score (nSPS) is 12.0. The van der Waals surface area contributed by atoms with Gasteiger partial charge in [0.15, 0.2) is 0 Å². The number of aliphatic hydroxyl groups is 1. The van der Waals surface area contributed by atoms with E-state index in [0.717, 1.165) is 11.3 Å². The van der Waals surface area contributed by atoms with Crippen molar-refractivity contribution in [3.05, 3.63) is 23.7 Å². The van der Waals surface area contributed by atoms with Crippen LogP contribution in [0.25, 0.3) is 0 Å². The molecule has 0 amide bonds. The molecule has 1 heterocycles. The second-order valence-corrected chi connectivity index (χ2v) is 3.49. The Labute approximate surface area is 66.8 Å². The standard InChI is InChI=1S/C9H14O2/c1-7-8(4-5-11-7)6-9(2,3)10/h4-5,10H,6H2,1-3H3. The van der Waals surface area contributed by atoms with Crippen LogP contribution in [0, 0.1) is 6.92 Å². The smallest absolute Gasteiger partial charge is 0.103 e. The summed E-state index contributed by atoms with van der Waals surface area (Å²) in [5.41, 5.74) is 0.437.